The van der Waals surface area contributed by atoms with Gasteiger partial charge in [0.25, 0.3) is 0 Å². The number of halogens is 1. The van der Waals surface area contributed by atoms with Crippen molar-refractivity contribution in [3.05, 3.63) is 0 Å². The van der Waals surface area contributed by atoms with Gasteiger partial charge in [-0.2, -0.15) is 4.94 Å². The average molecular weight is 177 g/mol. The highest BCUT2D eigenvalue weighted by Crippen LogP contribution is 2.23. The summed E-state index contributed by atoms with van der Waals surface area (Å²) in [5, 5.41) is 0. The number of rotatable bonds is 2. The summed E-state index contributed by atoms with van der Waals surface area (Å²) in [5.41, 5.74) is 0. The van der Waals surface area contributed by atoms with Gasteiger partial charge in [0.15, 0.2) is 0 Å². The first-order valence-corrected chi connectivity index (χ1v) is 4.24. The Morgan fingerprint density at radius 2 is 2.08 bits per heavy atom. The third-order valence-electron chi connectivity index (χ3n) is 2.30. The van der Waals surface area contributed by atoms with E-state index in [1.165, 1.54) is 0 Å². The molecule has 0 saturated carbocycles. The summed E-state index contributed by atoms with van der Waals surface area (Å²) in [5.74, 6) is 0. The topological polar surface area (TPSA) is 21.7 Å². The van der Waals surface area contributed by atoms with Gasteiger partial charge in [-0.1, -0.05) is 0 Å². The SMILES string of the molecule is CC1CCC(N(C)C)C(OF)O1. The van der Waals surface area contributed by atoms with Crippen molar-refractivity contribution in [2.75, 3.05) is 14.1 Å². The lowest BCUT2D eigenvalue weighted by atomic mass is 10.0. The molecule has 1 aliphatic heterocycles. The Morgan fingerprint density at radius 1 is 1.42 bits per heavy atom. The zero-order valence-corrected chi connectivity index (χ0v) is 7.79. The van der Waals surface area contributed by atoms with Crippen LogP contribution in [0.2, 0.25) is 0 Å². The molecule has 1 rings (SSSR count). The van der Waals surface area contributed by atoms with Gasteiger partial charge in [0.1, 0.15) is 0 Å². The molecular formula is C8H16FNO2. The van der Waals surface area contributed by atoms with Crippen molar-refractivity contribution in [1.29, 1.82) is 0 Å². The Labute approximate surface area is 72.3 Å². The van der Waals surface area contributed by atoms with Crippen molar-refractivity contribution in [3.8, 4) is 0 Å². The molecule has 0 aromatic heterocycles. The number of likely N-dealkylation sites (N-methyl/N-ethyl adjacent to an activating group) is 1. The Hall–Kier alpha value is -0.190. The van der Waals surface area contributed by atoms with Crippen molar-refractivity contribution >= 4 is 0 Å². The van der Waals surface area contributed by atoms with Gasteiger partial charge >= 0.3 is 0 Å². The normalized spacial score (nSPS) is 37.2. The van der Waals surface area contributed by atoms with Crippen LogP contribution in [0.1, 0.15) is 19.8 Å². The van der Waals surface area contributed by atoms with E-state index in [1.54, 1.807) is 0 Å². The van der Waals surface area contributed by atoms with Gasteiger partial charge in [0, 0.05) is 0 Å². The summed E-state index contributed by atoms with van der Waals surface area (Å²) in [6.45, 7) is 1.93. The highest BCUT2D eigenvalue weighted by atomic mass is 19.3. The van der Waals surface area contributed by atoms with Crippen LogP contribution in [0.4, 0.5) is 4.53 Å². The van der Waals surface area contributed by atoms with E-state index in [1.807, 2.05) is 25.9 Å². The standard InChI is InChI=1S/C8H16FNO2/c1-6-4-5-7(10(2)3)8(11-6)12-9/h6-8H,4-5H2,1-3H3. The van der Waals surface area contributed by atoms with Crippen molar-refractivity contribution < 1.29 is 14.2 Å². The molecule has 3 nitrogen and oxygen atoms in total. The molecule has 0 amide bonds. The largest absolute Gasteiger partial charge is 0.345 e. The summed E-state index contributed by atoms with van der Waals surface area (Å²) < 4.78 is 17.3. The molecule has 0 spiro atoms. The van der Waals surface area contributed by atoms with Crippen LogP contribution in [0.15, 0.2) is 0 Å². The van der Waals surface area contributed by atoms with E-state index in [4.69, 9.17) is 4.74 Å². The predicted octanol–water partition coefficient (Wildman–Crippen LogP) is 1.34. The number of hydrogen-bond acceptors (Lipinski definition) is 3. The van der Waals surface area contributed by atoms with Crippen LogP contribution < -0.4 is 0 Å². The van der Waals surface area contributed by atoms with E-state index in [0.29, 0.717) is 0 Å². The fourth-order valence-electron chi connectivity index (χ4n) is 1.51. The maximum atomic E-state index is 12.0. The second-order valence-electron chi connectivity index (χ2n) is 3.51. The number of hydrogen-bond donors (Lipinski definition) is 0. The predicted molar refractivity (Wildman–Crippen MR) is 43.2 cm³/mol. The molecule has 3 atom stereocenters. The molecule has 4 heteroatoms. The Kier molecular flexibility index (Phi) is 3.43. The third-order valence-corrected chi connectivity index (χ3v) is 2.30. The summed E-state index contributed by atoms with van der Waals surface area (Å²) >= 11 is 0. The van der Waals surface area contributed by atoms with Crippen molar-refractivity contribution in [1.82, 2.24) is 4.90 Å². The Bertz CT molecular complexity index is 143. The fourth-order valence-corrected chi connectivity index (χ4v) is 1.51. The molecule has 0 radical (unpaired) electrons. The monoisotopic (exact) mass is 177 g/mol. The van der Waals surface area contributed by atoms with E-state index in [0.717, 1.165) is 12.8 Å². The lowest BCUT2D eigenvalue weighted by Gasteiger charge is -2.35. The summed E-state index contributed by atoms with van der Waals surface area (Å²) in [6, 6.07) is 0.0335. The van der Waals surface area contributed by atoms with Crippen LogP contribution in [0, 0.1) is 0 Å². The van der Waals surface area contributed by atoms with Gasteiger partial charge in [0.05, 0.1) is 12.1 Å². The lowest BCUT2D eigenvalue weighted by Crippen LogP contribution is -2.46. The highest BCUT2D eigenvalue weighted by molar-refractivity contribution is 4.76. The van der Waals surface area contributed by atoms with Crippen molar-refractivity contribution in [2.24, 2.45) is 0 Å². The molecule has 0 bridgehead atoms. The van der Waals surface area contributed by atoms with Crippen LogP contribution in [-0.2, 0) is 9.68 Å². The molecule has 0 aromatic carbocycles. The first-order valence-electron chi connectivity index (χ1n) is 4.24. The van der Waals surface area contributed by atoms with Crippen molar-refractivity contribution in [2.45, 2.75) is 38.2 Å². The Morgan fingerprint density at radius 3 is 2.58 bits per heavy atom. The molecule has 0 N–H and O–H groups in total. The minimum Gasteiger partial charge on any atom is -0.345 e. The zero-order chi connectivity index (χ0) is 9.14. The number of nitrogens with zero attached hydrogens (tertiary/aromatic N) is 1. The molecule has 12 heavy (non-hydrogen) atoms. The fraction of sp³-hybridized carbons (Fsp3) is 1.00. The minimum atomic E-state index is -0.719. The van der Waals surface area contributed by atoms with Gasteiger partial charge in [-0.3, -0.25) is 0 Å². The molecule has 3 unspecified atom stereocenters. The Balaban J connectivity index is 2.50. The number of ether oxygens (including phenoxy) is 1. The van der Waals surface area contributed by atoms with Crippen LogP contribution in [0.25, 0.3) is 0 Å². The molecule has 1 heterocycles. The summed E-state index contributed by atoms with van der Waals surface area (Å²) in [6.07, 6.45) is 1.26. The summed E-state index contributed by atoms with van der Waals surface area (Å²) in [4.78, 5) is 5.70. The molecule has 1 saturated heterocycles. The van der Waals surface area contributed by atoms with Gasteiger partial charge in [-0.15, -0.1) is 0 Å². The van der Waals surface area contributed by atoms with E-state index in [2.05, 4.69) is 4.94 Å². The van der Waals surface area contributed by atoms with E-state index in [-0.39, 0.29) is 12.1 Å². The third kappa shape index (κ3) is 2.15. The van der Waals surface area contributed by atoms with Crippen molar-refractivity contribution in [3.63, 3.8) is 0 Å². The van der Waals surface area contributed by atoms with E-state index in [9.17, 15) is 4.53 Å². The molecule has 72 valence electrons. The van der Waals surface area contributed by atoms with Crippen LogP contribution in [0.3, 0.4) is 0 Å². The van der Waals surface area contributed by atoms with Crippen LogP contribution in [0.5, 0.6) is 0 Å². The lowest BCUT2D eigenvalue weighted by molar-refractivity contribution is -0.315. The maximum absolute atomic E-state index is 12.0. The molecular weight excluding hydrogens is 161 g/mol. The van der Waals surface area contributed by atoms with Gasteiger partial charge in [-0.25, -0.2) is 0 Å². The highest BCUT2D eigenvalue weighted by Gasteiger charge is 2.32. The summed E-state index contributed by atoms with van der Waals surface area (Å²) in [7, 11) is 3.80. The van der Waals surface area contributed by atoms with E-state index >= 15 is 0 Å². The zero-order valence-electron chi connectivity index (χ0n) is 7.79. The smallest absolute Gasteiger partial charge is 0.212 e. The molecule has 1 fully saturated rings. The van der Waals surface area contributed by atoms with Gasteiger partial charge in [0.2, 0.25) is 6.29 Å². The molecule has 0 aromatic rings. The van der Waals surface area contributed by atoms with E-state index < -0.39 is 6.29 Å². The molecule has 1 aliphatic rings. The second kappa shape index (κ2) is 4.16. The maximum Gasteiger partial charge on any atom is 0.212 e. The first-order chi connectivity index (χ1) is 5.65. The van der Waals surface area contributed by atoms with Gasteiger partial charge in [-0.05, 0) is 38.4 Å². The first kappa shape index (κ1) is 9.89. The average Bonchev–Trinajstić information content (AvgIpc) is 2.03. The minimum absolute atomic E-state index is 0.0335. The van der Waals surface area contributed by atoms with Crippen LogP contribution >= 0.6 is 0 Å². The van der Waals surface area contributed by atoms with Crippen LogP contribution in [-0.4, -0.2) is 37.4 Å². The van der Waals surface area contributed by atoms with Gasteiger partial charge < -0.3 is 9.64 Å². The quantitative estimate of drug-likeness (QED) is 0.635. The second-order valence-corrected chi connectivity index (χ2v) is 3.51. The molecule has 0 aliphatic carbocycles.